The Morgan fingerprint density at radius 1 is 1.20 bits per heavy atom. The maximum absolute atomic E-state index is 13.1. The van der Waals surface area contributed by atoms with E-state index in [1.54, 1.807) is 0 Å². The molecular formula is C14H17BrF3NO. The van der Waals surface area contributed by atoms with Crippen LogP contribution >= 0.6 is 15.9 Å². The van der Waals surface area contributed by atoms with Crippen molar-refractivity contribution >= 4 is 21.8 Å². The number of carbonyl (C=O) groups is 1. The van der Waals surface area contributed by atoms with Gasteiger partial charge in [0, 0.05) is 17.4 Å². The van der Waals surface area contributed by atoms with Crippen LogP contribution in [0, 0.1) is 22.9 Å². The predicted octanol–water partition coefficient (Wildman–Crippen LogP) is 4.04. The van der Waals surface area contributed by atoms with E-state index < -0.39 is 23.4 Å². The van der Waals surface area contributed by atoms with E-state index in [0.29, 0.717) is 24.0 Å². The van der Waals surface area contributed by atoms with E-state index in [9.17, 15) is 18.0 Å². The van der Waals surface area contributed by atoms with Gasteiger partial charge >= 0.3 is 0 Å². The van der Waals surface area contributed by atoms with Crippen molar-refractivity contribution in [3.05, 3.63) is 35.1 Å². The van der Waals surface area contributed by atoms with Crippen LogP contribution in [0.2, 0.25) is 0 Å². The summed E-state index contributed by atoms with van der Waals surface area (Å²) in [4.78, 5) is 11.9. The highest BCUT2D eigenvalue weighted by atomic mass is 79.9. The van der Waals surface area contributed by atoms with E-state index in [1.165, 1.54) is 0 Å². The normalized spacial score (nSPS) is 11.5. The van der Waals surface area contributed by atoms with Crippen molar-refractivity contribution in [2.45, 2.75) is 26.7 Å². The molecule has 1 N–H and O–H groups in total. The largest absolute Gasteiger partial charge is 0.351 e. The molecule has 0 aliphatic carbocycles. The van der Waals surface area contributed by atoms with Crippen LogP contribution < -0.4 is 5.32 Å². The summed E-state index contributed by atoms with van der Waals surface area (Å²) in [5.74, 6) is -4.92. The summed E-state index contributed by atoms with van der Waals surface area (Å²) in [6.45, 7) is 4.40. The quantitative estimate of drug-likeness (QED) is 0.608. The highest BCUT2D eigenvalue weighted by Gasteiger charge is 2.26. The molecule has 0 spiro atoms. The van der Waals surface area contributed by atoms with Crippen LogP contribution in [0.3, 0.4) is 0 Å². The predicted molar refractivity (Wildman–Crippen MR) is 75.5 cm³/mol. The van der Waals surface area contributed by atoms with Crippen LogP contribution in [0.5, 0.6) is 0 Å². The first-order valence-electron chi connectivity index (χ1n) is 6.38. The van der Waals surface area contributed by atoms with Gasteiger partial charge in [-0.2, -0.15) is 0 Å². The van der Waals surface area contributed by atoms with Gasteiger partial charge in [0.05, 0.1) is 0 Å². The van der Waals surface area contributed by atoms with Gasteiger partial charge < -0.3 is 5.32 Å². The Kier molecular flexibility index (Phi) is 6.05. The van der Waals surface area contributed by atoms with Gasteiger partial charge in [-0.3, -0.25) is 4.79 Å². The first kappa shape index (κ1) is 17.0. The molecule has 0 bridgehead atoms. The number of nitrogens with one attached hydrogen (secondary N) is 1. The maximum Gasteiger partial charge on any atom is 0.251 e. The van der Waals surface area contributed by atoms with Crippen molar-refractivity contribution in [1.29, 1.82) is 0 Å². The Bertz CT molecular complexity index is 458. The lowest BCUT2D eigenvalue weighted by molar-refractivity contribution is 0.0931. The minimum Gasteiger partial charge on any atom is -0.351 e. The highest BCUT2D eigenvalue weighted by molar-refractivity contribution is 9.09. The fourth-order valence-electron chi connectivity index (χ4n) is 1.79. The number of benzene rings is 1. The van der Waals surface area contributed by atoms with Crippen molar-refractivity contribution in [3.63, 3.8) is 0 Å². The molecule has 1 aromatic carbocycles. The number of alkyl halides is 1. The van der Waals surface area contributed by atoms with Gasteiger partial charge in [0.25, 0.3) is 5.91 Å². The summed E-state index contributed by atoms with van der Waals surface area (Å²) in [5.41, 5.74) is -0.329. The monoisotopic (exact) mass is 351 g/mol. The zero-order valence-electron chi connectivity index (χ0n) is 11.4. The molecule has 1 amide bonds. The summed E-state index contributed by atoms with van der Waals surface area (Å²) < 4.78 is 39.0. The Morgan fingerprint density at radius 3 is 2.10 bits per heavy atom. The lowest BCUT2D eigenvalue weighted by atomic mass is 9.84. The van der Waals surface area contributed by atoms with Crippen molar-refractivity contribution in [2.24, 2.45) is 5.41 Å². The van der Waals surface area contributed by atoms with Crippen molar-refractivity contribution < 1.29 is 18.0 Å². The number of rotatable bonds is 6. The summed E-state index contributed by atoms with van der Waals surface area (Å²) in [7, 11) is 0. The van der Waals surface area contributed by atoms with Crippen LogP contribution in [0.15, 0.2) is 12.1 Å². The molecule has 112 valence electrons. The molecule has 0 unspecified atom stereocenters. The topological polar surface area (TPSA) is 29.1 Å². The number of hydrogen-bond acceptors (Lipinski definition) is 1. The molecule has 6 heteroatoms. The molecule has 0 aromatic heterocycles. The first-order valence-corrected chi connectivity index (χ1v) is 7.50. The van der Waals surface area contributed by atoms with Gasteiger partial charge in [-0.15, -0.1) is 0 Å². The average molecular weight is 352 g/mol. The molecule has 20 heavy (non-hydrogen) atoms. The molecular weight excluding hydrogens is 335 g/mol. The van der Waals surface area contributed by atoms with Crippen LogP contribution in [-0.2, 0) is 0 Å². The molecule has 2 nitrogen and oxygen atoms in total. The second-order valence-corrected chi connectivity index (χ2v) is 5.34. The minimum absolute atomic E-state index is 0.104. The highest BCUT2D eigenvalue weighted by Crippen LogP contribution is 2.27. The van der Waals surface area contributed by atoms with Gasteiger partial charge in [0.1, 0.15) is 0 Å². The van der Waals surface area contributed by atoms with Crippen LogP contribution in [0.25, 0.3) is 0 Å². The summed E-state index contributed by atoms with van der Waals surface area (Å²) in [6.07, 6.45) is 1.70. The van der Waals surface area contributed by atoms with Crippen molar-refractivity contribution in [2.75, 3.05) is 11.9 Å². The molecule has 0 saturated carbocycles. The van der Waals surface area contributed by atoms with Crippen molar-refractivity contribution in [3.8, 4) is 0 Å². The lowest BCUT2D eigenvalue weighted by Crippen LogP contribution is -2.38. The Morgan fingerprint density at radius 2 is 1.70 bits per heavy atom. The Hall–Kier alpha value is -1.04. The Labute approximate surface area is 124 Å². The maximum atomic E-state index is 13.1. The third-order valence-electron chi connectivity index (χ3n) is 3.65. The van der Waals surface area contributed by atoms with E-state index in [4.69, 9.17) is 0 Å². The smallest absolute Gasteiger partial charge is 0.251 e. The molecule has 0 heterocycles. The number of amides is 1. The van der Waals surface area contributed by atoms with Crippen molar-refractivity contribution in [1.82, 2.24) is 5.32 Å². The molecule has 0 radical (unpaired) electrons. The van der Waals surface area contributed by atoms with Gasteiger partial charge in [0.2, 0.25) is 0 Å². The van der Waals surface area contributed by atoms with E-state index in [-0.39, 0.29) is 11.0 Å². The molecule has 0 atom stereocenters. The lowest BCUT2D eigenvalue weighted by Gasteiger charge is -2.29. The zero-order chi connectivity index (χ0) is 15.3. The SMILES string of the molecule is CCC(CC)(CBr)CNC(=O)c1cc(F)c(F)c(F)c1. The van der Waals surface area contributed by atoms with E-state index in [0.717, 1.165) is 12.8 Å². The molecule has 0 fully saturated rings. The third kappa shape index (κ3) is 3.75. The van der Waals surface area contributed by atoms with Crippen LogP contribution in [0.4, 0.5) is 13.2 Å². The summed E-state index contributed by atoms with van der Waals surface area (Å²) >= 11 is 3.41. The second-order valence-electron chi connectivity index (χ2n) is 4.78. The Balaban J connectivity index is 2.82. The fraction of sp³-hybridized carbons (Fsp3) is 0.500. The summed E-state index contributed by atoms with van der Waals surface area (Å²) in [6, 6.07) is 1.39. The van der Waals surface area contributed by atoms with E-state index in [2.05, 4.69) is 21.2 Å². The van der Waals surface area contributed by atoms with Gasteiger partial charge in [-0.25, -0.2) is 13.2 Å². The molecule has 0 aliphatic rings. The van der Waals surface area contributed by atoms with Crippen LogP contribution in [-0.4, -0.2) is 17.8 Å². The number of halogens is 4. The van der Waals surface area contributed by atoms with E-state index >= 15 is 0 Å². The van der Waals surface area contributed by atoms with Gasteiger partial charge in [0.15, 0.2) is 17.5 Å². The third-order valence-corrected chi connectivity index (χ3v) is 4.84. The number of hydrogen-bond donors (Lipinski definition) is 1. The standard InChI is InChI=1S/C14H17BrF3NO/c1-3-14(4-2,7-15)8-19-13(20)9-5-10(16)12(18)11(17)6-9/h5-6H,3-4,7-8H2,1-2H3,(H,19,20). The zero-order valence-corrected chi connectivity index (χ0v) is 13.0. The molecule has 1 aromatic rings. The van der Waals surface area contributed by atoms with Gasteiger partial charge in [-0.05, 0) is 30.4 Å². The fourth-order valence-corrected chi connectivity index (χ4v) is 2.78. The minimum atomic E-state index is -1.57. The molecule has 0 aliphatic heterocycles. The second kappa shape index (κ2) is 7.11. The summed E-state index contributed by atoms with van der Waals surface area (Å²) in [5, 5.41) is 3.35. The molecule has 0 saturated heterocycles. The number of carbonyl (C=O) groups excluding carboxylic acids is 1. The van der Waals surface area contributed by atoms with Crippen LogP contribution in [0.1, 0.15) is 37.0 Å². The molecule has 1 rings (SSSR count). The first-order chi connectivity index (χ1) is 9.39. The van der Waals surface area contributed by atoms with Gasteiger partial charge in [-0.1, -0.05) is 29.8 Å². The average Bonchev–Trinajstić information content (AvgIpc) is 2.46. The van der Waals surface area contributed by atoms with E-state index in [1.807, 2.05) is 13.8 Å².